The number of aryl methyl sites for hydroxylation is 1. The first kappa shape index (κ1) is 18.2. The number of benzene rings is 1. The van der Waals surface area contributed by atoms with Crippen LogP contribution in [0.25, 0.3) is 5.76 Å². The number of ketones is 1. The molecule has 7 heteroatoms. The summed E-state index contributed by atoms with van der Waals surface area (Å²) in [5, 5.41) is 12.7. The van der Waals surface area contributed by atoms with E-state index < -0.39 is 17.7 Å². The maximum atomic E-state index is 12.8. The van der Waals surface area contributed by atoms with E-state index in [1.165, 1.54) is 11.3 Å². The molecule has 3 heterocycles. The van der Waals surface area contributed by atoms with E-state index >= 15 is 0 Å². The number of Topliss-reactive ketones (excluding diaryl/α,β-unsaturated/α-hetero) is 1. The van der Waals surface area contributed by atoms with Crippen molar-refractivity contribution in [2.45, 2.75) is 19.0 Å². The van der Waals surface area contributed by atoms with Gasteiger partial charge in [-0.3, -0.25) is 9.59 Å². The Morgan fingerprint density at radius 3 is 2.61 bits per heavy atom. The second-order valence-corrected chi connectivity index (χ2v) is 7.51. The first-order valence-corrected chi connectivity index (χ1v) is 9.88. The van der Waals surface area contributed by atoms with Crippen LogP contribution in [0.1, 0.15) is 22.9 Å². The minimum atomic E-state index is -0.637. The fourth-order valence-electron chi connectivity index (χ4n) is 3.45. The number of imidazole rings is 1. The van der Waals surface area contributed by atoms with Gasteiger partial charge in [0.25, 0.3) is 11.7 Å². The molecule has 1 amide bonds. The maximum Gasteiger partial charge on any atom is 0.295 e. The van der Waals surface area contributed by atoms with Gasteiger partial charge in [-0.05, 0) is 17.9 Å². The molecule has 1 aliphatic heterocycles. The second kappa shape index (κ2) is 7.82. The summed E-state index contributed by atoms with van der Waals surface area (Å²) in [4.78, 5) is 32.0. The highest BCUT2D eigenvalue weighted by Crippen LogP contribution is 2.41. The number of thiophene rings is 1. The highest BCUT2D eigenvalue weighted by molar-refractivity contribution is 7.10. The molecule has 6 nitrogen and oxygen atoms in total. The van der Waals surface area contributed by atoms with E-state index in [2.05, 4.69) is 4.98 Å². The molecule has 0 radical (unpaired) electrons. The van der Waals surface area contributed by atoms with Crippen LogP contribution in [0, 0.1) is 0 Å². The van der Waals surface area contributed by atoms with Crippen molar-refractivity contribution in [3.05, 3.63) is 82.6 Å². The fourth-order valence-corrected chi connectivity index (χ4v) is 4.29. The van der Waals surface area contributed by atoms with Gasteiger partial charge in [0.15, 0.2) is 0 Å². The first-order valence-electron chi connectivity index (χ1n) is 9.00. The zero-order valence-electron chi connectivity index (χ0n) is 15.1. The zero-order chi connectivity index (χ0) is 19.5. The number of hydrogen-bond acceptors (Lipinski definition) is 5. The van der Waals surface area contributed by atoms with E-state index in [0.29, 0.717) is 25.1 Å². The molecule has 1 fully saturated rings. The van der Waals surface area contributed by atoms with E-state index in [-0.39, 0.29) is 11.3 Å². The van der Waals surface area contributed by atoms with Gasteiger partial charge >= 0.3 is 0 Å². The lowest BCUT2D eigenvalue weighted by atomic mass is 10.00. The average Bonchev–Trinajstić information content (AvgIpc) is 3.46. The quantitative estimate of drug-likeness (QED) is 0.395. The zero-order valence-corrected chi connectivity index (χ0v) is 15.9. The minimum Gasteiger partial charge on any atom is -0.507 e. The Bertz CT molecular complexity index is 995. The number of aliphatic hydroxyl groups excluding tert-OH is 1. The van der Waals surface area contributed by atoms with Crippen LogP contribution in [0.2, 0.25) is 0 Å². The number of likely N-dealkylation sites (tertiary alicyclic amines) is 1. The molecule has 0 saturated carbocycles. The molecule has 0 aliphatic carbocycles. The van der Waals surface area contributed by atoms with Crippen molar-refractivity contribution < 1.29 is 14.7 Å². The summed E-state index contributed by atoms with van der Waals surface area (Å²) in [6.07, 6.45) is 5.97. The van der Waals surface area contributed by atoms with Crippen molar-refractivity contribution in [2.24, 2.45) is 0 Å². The molecule has 0 spiro atoms. The van der Waals surface area contributed by atoms with Gasteiger partial charge < -0.3 is 14.6 Å². The van der Waals surface area contributed by atoms with Crippen LogP contribution in [0.15, 0.2) is 72.1 Å². The molecule has 1 aliphatic rings. The van der Waals surface area contributed by atoms with Gasteiger partial charge in [0, 0.05) is 35.9 Å². The number of nitrogens with zero attached hydrogens (tertiary/aromatic N) is 3. The molecule has 2 aromatic heterocycles. The summed E-state index contributed by atoms with van der Waals surface area (Å²) >= 11 is 1.47. The standard InChI is InChI=1S/C21H19N3O3S/c25-19(15-6-2-1-3-7-15)17-18(16-8-4-13-28-16)24(21(27)20(17)26)11-5-10-23-12-9-22-14-23/h1-4,6-9,12-14,18,25H,5,10-11H2/t18-/m1/s1. The number of rotatable bonds is 6. The van der Waals surface area contributed by atoms with Crippen molar-refractivity contribution in [3.63, 3.8) is 0 Å². The Morgan fingerprint density at radius 1 is 1.11 bits per heavy atom. The summed E-state index contributed by atoms with van der Waals surface area (Å²) in [6.45, 7) is 1.11. The number of carbonyl (C=O) groups excluding carboxylic acids is 2. The van der Waals surface area contributed by atoms with Crippen molar-refractivity contribution in [2.75, 3.05) is 6.54 Å². The minimum absolute atomic E-state index is 0.130. The third-order valence-corrected chi connectivity index (χ3v) is 5.70. The molecule has 1 N–H and O–H groups in total. The Labute approximate surface area is 166 Å². The summed E-state index contributed by atoms with van der Waals surface area (Å²) in [6, 6.07) is 12.1. The largest absolute Gasteiger partial charge is 0.507 e. The van der Waals surface area contributed by atoms with Gasteiger partial charge in [0.05, 0.1) is 17.9 Å². The Kier molecular flexibility index (Phi) is 5.08. The van der Waals surface area contributed by atoms with Crippen LogP contribution in [-0.2, 0) is 16.1 Å². The van der Waals surface area contributed by atoms with Gasteiger partial charge in [-0.2, -0.15) is 0 Å². The Balaban J connectivity index is 1.68. The van der Waals surface area contributed by atoms with Gasteiger partial charge in [-0.25, -0.2) is 4.98 Å². The summed E-state index contributed by atoms with van der Waals surface area (Å²) < 4.78 is 1.93. The summed E-state index contributed by atoms with van der Waals surface area (Å²) in [5.41, 5.74) is 0.682. The third-order valence-electron chi connectivity index (χ3n) is 4.77. The first-order chi connectivity index (χ1) is 13.7. The third kappa shape index (κ3) is 3.36. The van der Waals surface area contributed by atoms with Crippen molar-refractivity contribution >= 4 is 28.8 Å². The van der Waals surface area contributed by atoms with Crippen LogP contribution >= 0.6 is 11.3 Å². The molecular formula is C21H19N3O3S. The van der Waals surface area contributed by atoms with Gasteiger partial charge in [-0.1, -0.05) is 36.4 Å². The van der Waals surface area contributed by atoms with Crippen LogP contribution in [-0.4, -0.2) is 37.8 Å². The Morgan fingerprint density at radius 2 is 1.93 bits per heavy atom. The molecule has 142 valence electrons. The lowest BCUT2D eigenvalue weighted by Gasteiger charge is -2.24. The van der Waals surface area contributed by atoms with E-state index in [0.717, 1.165) is 4.88 Å². The maximum absolute atomic E-state index is 12.8. The van der Waals surface area contributed by atoms with Crippen molar-refractivity contribution in [1.82, 2.24) is 14.5 Å². The second-order valence-electron chi connectivity index (χ2n) is 6.53. The number of hydrogen-bond donors (Lipinski definition) is 1. The highest BCUT2D eigenvalue weighted by atomic mass is 32.1. The van der Waals surface area contributed by atoms with Gasteiger partial charge in [-0.15, -0.1) is 11.3 Å². The van der Waals surface area contributed by atoms with E-state index in [9.17, 15) is 14.7 Å². The molecule has 1 aromatic carbocycles. The predicted octanol–water partition coefficient (Wildman–Crippen LogP) is 3.46. The monoisotopic (exact) mass is 393 g/mol. The lowest BCUT2D eigenvalue weighted by molar-refractivity contribution is -0.139. The predicted molar refractivity (Wildman–Crippen MR) is 107 cm³/mol. The van der Waals surface area contributed by atoms with Gasteiger partial charge in [0.1, 0.15) is 5.76 Å². The number of carbonyl (C=O) groups is 2. The average molecular weight is 393 g/mol. The lowest BCUT2D eigenvalue weighted by Crippen LogP contribution is -2.31. The molecular weight excluding hydrogens is 374 g/mol. The van der Waals surface area contributed by atoms with Crippen LogP contribution < -0.4 is 0 Å². The van der Waals surface area contributed by atoms with E-state index in [4.69, 9.17) is 0 Å². The van der Waals surface area contributed by atoms with E-state index in [1.807, 2.05) is 34.3 Å². The number of aromatic nitrogens is 2. The topological polar surface area (TPSA) is 75.4 Å². The number of amides is 1. The molecule has 4 rings (SSSR count). The molecule has 0 bridgehead atoms. The van der Waals surface area contributed by atoms with Crippen LogP contribution in [0.4, 0.5) is 0 Å². The molecule has 3 aromatic rings. The van der Waals surface area contributed by atoms with Crippen molar-refractivity contribution in [3.8, 4) is 0 Å². The Hall–Kier alpha value is -3.19. The summed E-state index contributed by atoms with van der Waals surface area (Å²) in [5.74, 6) is -1.33. The smallest absolute Gasteiger partial charge is 0.295 e. The normalized spacial score (nSPS) is 18.7. The summed E-state index contributed by atoms with van der Waals surface area (Å²) in [7, 11) is 0. The van der Waals surface area contributed by atoms with Gasteiger partial charge in [0.2, 0.25) is 0 Å². The molecule has 1 saturated heterocycles. The highest BCUT2D eigenvalue weighted by Gasteiger charge is 2.46. The molecule has 1 atom stereocenters. The van der Waals surface area contributed by atoms with E-state index in [1.54, 1.807) is 41.7 Å². The molecule has 28 heavy (non-hydrogen) atoms. The van der Waals surface area contributed by atoms with Crippen LogP contribution in [0.3, 0.4) is 0 Å². The van der Waals surface area contributed by atoms with Crippen LogP contribution in [0.5, 0.6) is 0 Å². The SMILES string of the molecule is O=C1C(=O)N(CCCn2ccnc2)[C@H](c2cccs2)C1=C(O)c1ccccc1. The molecule has 0 unspecified atom stereocenters. The van der Waals surface area contributed by atoms with Crippen molar-refractivity contribution in [1.29, 1.82) is 0 Å². The fraction of sp³-hybridized carbons (Fsp3) is 0.190. The number of aliphatic hydroxyl groups is 1.